The van der Waals surface area contributed by atoms with E-state index in [1.807, 2.05) is 10.3 Å². The highest BCUT2D eigenvalue weighted by Crippen LogP contribution is 2.24. The lowest BCUT2D eigenvalue weighted by Crippen LogP contribution is -1.94. The molecular weight excluding hydrogens is 243 g/mol. The van der Waals surface area contributed by atoms with Crippen molar-refractivity contribution in [1.29, 1.82) is 0 Å². The zero-order valence-electron chi connectivity index (χ0n) is 6.81. The Morgan fingerprint density at radius 1 is 1.77 bits per heavy atom. The average Bonchev–Trinajstić information content (AvgIpc) is 2.53. The number of thiophene rings is 1. The second kappa shape index (κ2) is 4.34. The first-order valence-corrected chi connectivity index (χ1v) is 7.11. The van der Waals surface area contributed by atoms with Crippen LogP contribution in [0.25, 0.3) is 0 Å². The summed E-state index contributed by atoms with van der Waals surface area (Å²) in [5.74, 6) is 0. The lowest BCUT2D eigenvalue weighted by molar-refractivity contribution is 0.286. The van der Waals surface area contributed by atoms with Crippen LogP contribution in [0.2, 0.25) is 0 Å². The van der Waals surface area contributed by atoms with Crippen LogP contribution in [0, 0.1) is 6.92 Å². The molecular formula is C5H8N3OP3S. The number of aryl methyl sites for hydroxylation is 1. The van der Waals surface area contributed by atoms with Gasteiger partial charge in [0.05, 0.1) is 8.51 Å². The second-order valence-electron chi connectivity index (χ2n) is 2.35. The number of hydrogen-bond donors (Lipinski definition) is 1. The number of hydrogen-bond acceptors (Lipinski definition) is 3. The van der Waals surface area contributed by atoms with Crippen LogP contribution in [0.1, 0.15) is 5.56 Å². The van der Waals surface area contributed by atoms with Crippen molar-refractivity contribution in [3.63, 3.8) is 0 Å². The van der Waals surface area contributed by atoms with E-state index in [1.54, 1.807) is 11.3 Å². The standard InChI is InChI=1S/C5H8N3OP3S/c1-4-2-5(13-3-4)9-8-11-6-10-7-12-8/h2-3,6,10-11H,1H3. The third-order valence-corrected chi connectivity index (χ3v) is 4.93. The zero-order valence-corrected chi connectivity index (χ0v) is 10.5. The fourth-order valence-electron chi connectivity index (χ4n) is 0.762. The summed E-state index contributed by atoms with van der Waals surface area (Å²) in [7, 11) is 1.91. The van der Waals surface area contributed by atoms with Gasteiger partial charge in [-0.1, -0.05) is 0 Å². The van der Waals surface area contributed by atoms with Gasteiger partial charge in [0.2, 0.25) is 5.06 Å². The molecule has 0 amide bonds. The molecule has 0 saturated carbocycles. The van der Waals surface area contributed by atoms with Crippen molar-refractivity contribution in [1.82, 2.24) is 13.3 Å². The molecule has 0 spiro atoms. The minimum absolute atomic E-state index is 0.502. The summed E-state index contributed by atoms with van der Waals surface area (Å²) in [6.07, 6.45) is 0. The Labute approximate surface area is 84.3 Å². The van der Waals surface area contributed by atoms with Crippen LogP contribution in [0.5, 0.6) is 5.06 Å². The molecule has 0 radical (unpaired) electrons. The van der Waals surface area contributed by atoms with Crippen LogP contribution in [0.3, 0.4) is 0 Å². The Balaban J connectivity index is 2.15. The van der Waals surface area contributed by atoms with Crippen molar-refractivity contribution in [3.8, 4) is 5.06 Å². The molecule has 0 aliphatic carbocycles. The van der Waals surface area contributed by atoms with E-state index in [9.17, 15) is 0 Å². The van der Waals surface area contributed by atoms with Gasteiger partial charge in [-0.3, -0.25) is 0 Å². The zero-order chi connectivity index (χ0) is 9.10. The Hall–Kier alpha value is -0.200. The lowest BCUT2D eigenvalue weighted by atomic mass is 10.4. The van der Waals surface area contributed by atoms with Gasteiger partial charge < -0.3 is 9.35 Å². The summed E-state index contributed by atoms with van der Waals surface area (Å²) < 4.78 is 9.12. The van der Waals surface area contributed by atoms with E-state index >= 15 is 0 Å². The largest absolute Gasteiger partial charge is 0.355 e. The highest BCUT2D eigenvalue weighted by Gasteiger charge is 1.97. The molecule has 8 heteroatoms. The van der Waals surface area contributed by atoms with Gasteiger partial charge in [-0.05, 0) is 23.9 Å². The summed E-state index contributed by atoms with van der Waals surface area (Å²) in [5, 5.41) is 3.01. The number of aromatic amines is 1. The van der Waals surface area contributed by atoms with Crippen molar-refractivity contribution < 1.29 is 4.84 Å². The quantitative estimate of drug-likeness (QED) is 0.890. The van der Waals surface area contributed by atoms with Crippen molar-refractivity contribution in [2.45, 2.75) is 6.92 Å². The first-order valence-electron chi connectivity index (χ1n) is 3.54. The minimum Gasteiger partial charge on any atom is -0.355 e. The molecule has 70 valence electrons. The maximum absolute atomic E-state index is 5.58. The molecule has 1 N–H and O–H groups in total. The van der Waals surface area contributed by atoms with Crippen molar-refractivity contribution in [2.24, 2.45) is 0 Å². The number of rotatable bonds is 2. The van der Waals surface area contributed by atoms with E-state index < -0.39 is 0 Å². The summed E-state index contributed by atoms with van der Waals surface area (Å²) in [6.45, 7) is 2.06. The van der Waals surface area contributed by atoms with Gasteiger partial charge >= 0.3 is 0 Å². The van der Waals surface area contributed by atoms with Gasteiger partial charge in [-0.25, -0.2) is 0 Å². The summed E-state index contributed by atoms with van der Waals surface area (Å²) in [5.41, 5.74) is 1.24. The molecule has 2 aromatic heterocycles. The summed E-state index contributed by atoms with van der Waals surface area (Å²) in [6, 6.07) is 2.03. The van der Waals surface area contributed by atoms with Crippen LogP contribution >= 0.6 is 36.9 Å². The van der Waals surface area contributed by atoms with E-state index in [-0.39, 0.29) is 0 Å². The van der Waals surface area contributed by atoms with Crippen molar-refractivity contribution >= 4 is 36.9 Å². The number of H-pyrrole nitrogens is 1. The molecule has 0 aliphatic rings. The van der Waals surface area contributed by atoms with Crippen LogP contribution in [-0.2, 0) is 0 Å². The fourth-order valence-corrected chi connectivity index (χ4v) is 4.66. The third-order valence-electron chi connectivity index (χ3n) is 1.27. The Morgan fingerprint density at radius 2 is 2.69 bits per heavy atom. The summed E-state index contributed by atoms with van der Waals surface area (Å²) in [4.78, 5) is 5.58. The molecule has 4 nitrogen and oxygen atoms in total. The smallest absolute Gasteiger partial charge is 0.210 e. The Morgan fingerprint density at radius 3 is 3.31 bits per heavy atom. The first-order chi connectivity index (χ1) is 6.34. The highest BCUT2D eigenvalue weighted by molar-refractivity contribution is 7.44. The van der Waals surface area contributed by atoms with Crippen molar-refractivity contribution in [3.05, 3.63) is 17.0 Å². The maximum atomic E-state index is 5.58. The monoisotopic (exact) mass is 251 g/mol. The van der Waals surface area contributed by atoms with E-state index in [1.165, 1.54) is 5.56 Å². The van der Waals surface area contributed by atoms with Crippen LogP contribution in [0.4, 0.5) is 0 Å². The predicted octanol–water partition coefficient (Wildman–Crippen LogP) is 3.19. The molecule has 2 unspecified atom stereocenters. The lowest BCUT2D eigenvalue weighted by Gasteiger charge is -2.02. The van der Waals surface area contributed by atoms with E-state index in [4.69, 9.17) is 4.84 Å². The molecule has 0 bridgehead atoms. The van der Waals surface area contributed by atoms with Crippen LogP contribution in [0.15, 0.2) is 11.4 Å². The third kappa shape index (κ3) is 2.62. The van der Waals surface area contributed by atoms with Gasteiger partial charge in [0.25, 0.3) is 0 Å². The van der Waals surface area contributed by atoms with Crippen molar-refractivity contribution in [2.75, 3.05) is 0 Å². The van der Waals surface area contributed by atoms with Gasteiger partial charge in [0.1, 0.15) is 0 Å². The molecule has 2 heterocycles. The normalized spacial score (nSPS) is 11.8. The molecule has 2 rings (SSSR count). The molecule has 2 aromatic rings. The summed E-state index contributed by atoms with van der Waals surface area (Å²) >= 11 is 1.61. The average molecular weight is 251 g/mol. The SMILES string of the molecule is Cc1csc(On2pn[pH][nH][pH]2)c1. The molecule has 13 heavy (non-hydrogen) atoms. The fraction of sp³-hybridized carbons (Fsp3) is 0.200. The number of nitrogens with zero attached hydrogens (tertiary/aromatic N) is 2. The number of aromatic nitrogens is 3. The molecule has 0 aromatic carbocycles. The first kappa shape index (κ1) is 9.36. The molecule has 0 fully saturated rings. The van der Waals surface area contributed by atoms with Gasteiger partial charge in [-0.15, -0.1) is 15.6 Å². The predicted molar refractivity (Wildman–Crippen MR) is 60.8 cm³/mol. The van der Waals surface area contributed by atoms with Gasteiger partial charge in [0.15, 0.2) is 8.51 Å². The van der Waals surface area contributed by atoms with E-state index in [2.05, 4.69) is 21.3 Å². The highest BCUT2D eigenvalue weighted by atomic mass is 32.1. The molecule has 0 saturated heterocycles. The Bertz CT molecular complexity index is 395. The number of nitrogens with one attached hydrogen (secondary N) is 1. The van der Waals surface area contributed by atoms with E-state index in [0.717, 1.165) is 13.6 Å². The van der Waals surface area contributed by atoms with E-state index in [0.29, 0.717) is 17.0 Å². The minimum atomic E-state index is 0.502. The Kier molecular flexibility index (Phi) is 3.13. The second-order valence-corrected chi connectivity index (χ2v) is 6.79. The van der Waals surface area contributed by atoms with Crippen LogP contribution in [-0.4, -0.2) is 13.3 Å². The maximum Gasteiger partial charge on any atom is 0.210 e. The van der Waals surface area contributed by atoms with Gasteiger partial charge in [0, 0.05) is 8.51 Å². The molecule has 0 aliphatic heterocycles. The topological polar surface area (TPSA) is 42.8 Å². The van der Waals surface area contributed by atoms with Gasteiger partial charge in [-0.2, -0.15) is 4.51 Å². The molecule has 2 atom stereocenters. The van der Waals surface area contributed by atoms with Crippen LogP contribution < -0.4 is 4.84 Å².